The zero-order valence-corrected chi connectivity index (χ0v) is 12.7. The van der Waals surface area contributed by atoms with Crippen LogP contribution in [0.4, 0.5) is 0 Å². The predicted octanol–water partition coefficient (Wildman–Crippen LogP) is 3.18. The topological polar surface area (TPSA) is 40.7 Å². The molecule has 0 saturated carbocycles. The van der Waals surface area contributed by atoms with Crippen molar-refractivity contribution in [2.75, 3.05) is 6.54 Å². The number of hydrogen-bond acceptors (Lipinski definition) is 2. The number of rotatable bonds is 7. The van der Waals surface area contributed by atoms with Crippen LogP contribution in [-0.2, 0) is 12.8 Å². The summed E-state index contributed by atoms with van der Waals surface area (Å²) >= 11 is 0. The number of aromatic amines is 1. The molecule has 1 aromatic heterocycles. The Balaban J connectivity index is 2.08. The first-order valence-electron chi connectivity index (χ1n) is 7.46. The molecule has 1 heterocycles. The lowest BCUT2D eigenvalue weighted by molar-refractivity contribution is 0.496. The summed E-state index contributed by atoms with van der Waals surface area (Å²) in [5.74, 6) is 1.06. The molecule has 2 rings (SSSR count). The van der Waals surface area contributed by atoms with Gasteiger partial charge < -0.3 is 10.3 Å². The first kappa shape index (κ1) is 14.8. The highest BCUT2D eigenvalue weighted by molar-refractivity contribution is 5.31. The van der Waals surface area contributed by atoms with Crippen molar-refractivity contribution in [3.63, 3.8) is 0 Å². The van der Waals surface area contributed by atoms with Gasteiger partial charge in [0.15, 0.2) is 0 Å². The minimum absolute atomic E-state index is 0.432. The molecule has 0 amide bonds. The molecule has 2 aromatic rings. The fourth-order valence-corrected chi connectivity index (χ4v) is 2.49. The highest BCUT2D eigenvalue weighted by atomic mass is 14.9. The summed E-state index contributed by atoms with van der Waals surface area (Å²) in [6, 6.07) is 7.13. The Hall–Kier alpha value is -1.61. The Morgan fingerprint density at radius 2 is 2.10 bits per heavy atom. The average Bonchev–Trinajstić information content (AvgIpc) is 2.93. The second-order valence-electron chi connectivity index (χ2n) is 5.53. The van der Waals surface area contributed by atoms with Crippen molar-refractivity contribution >= 4 is 0 Å². The van der Waals surface area contributed by atoms with Gasteiger partial charge in [0.1, 0.15) is 5.82 Å². The van der Waals surface area contributed by atoms with E-state index < -0.39 is 0 Å². The predicted molar refractivity (Wildman–Crippen MR) is 84.0 cm³/mol. The quantitative estimate of drug-likeness (QED) is 0.812. The lowest BCUT2D eigenvalue weighted by atomic mass is 9.97. The third-order valence-electron chi connectivity index (χ3n) is 3.65. The normalized spacial score (nSPS) is 12.6. The summed E-state index contributed by atoms with van der Waals surface area (Å²) in [4.78, 5) is 7.55. The van der Waals surface area contributed by atoms with Crippen LogP contribution >= 0.6 is 0 Å². The van der Waals surface area contributed by atoms with Crippen molar-refractivity contribution in [3.8, 4) is 0 Å². The highest BCUT2D eigenvalue weighted by Crippen LogP contribution is 2.14. The van der Waals surface area contributed by atoms with Crippen molar-refractivity contribution in [1.82, 2.24) is 15.3 Å². The molecule has 3 nitrogen and oxygen atoms in total. The Bertz CT molecular complexity index is 517. The molecule has 0 aliphatic heterocycles. The molecule has 1 atom stereocenters. The van der Waals surface area contributed by atoms with E-state index in [4.69, 9.17) is 0 Å². The largest absolute Gasteiger partial charge is 0.349 e. The zero-order valence-electron chi connectivity index (χ0n) is 12.7. The molecule has 0 radical (unpaired) electrons. The summed E-state index contributed by atoms with van der Waals surface area (Å²) in [6.45, 7) is 7.60. The van der Waals surface area contributed by atoms with Crippen LogP contribution in [-0.4, -0.2) is 22.6 Å². The molecular formula is C17H25N3. The van der Waals surface area contributed by atoms with Gasteiger partial charge in [-0.25, -0.2) is 4.98 Å². The van der Waals surface area contributed by atoms with E-state index in [1.54, 1.807) is 0 Å². The molecule has 0 spiro atoms. The molecule has 20 heavy (non-hydrogen) atoms. The Morgan fingerprint density at radius 3 is 2.80 bits per heavy atom. The fraction of sp³-hybridized carbons (Fsp3) is 0.471. The van der Waals surface area contributed by atoms with Gasteiger partial charge in [0.25, 0.3) is 0 Å². The van der Waals surface area contributed by atoms with Crippen LogP contribution in [0.2, 0.25) is 0 Å². The van der Waals surface area contributed by atoms with E-state index in [0.29, 0.717) is 6.04 Å². The molecule has 0 bridgehead atoms. The van der Waals surface area contributed by atoms with E-state index in [0.717, 1.165) is 31.6 Å². The van der Waals surface area contributed by atoms with E-state index in [-0.39, 0.29) is 0 Å². The minimum Gasteiger partial charge on any atom is -0.349 e. The molecule has 0 fully saturated rings. The molecule has 108 valence electrons. The number of nitrogens with zero attached hydrogens (tertiary/aromatic N) is 1. The lowest BCUT2D eigenvalue weighted by Gasteiger charge is -2.19. The van der Waals surface area contributed by atoms with Gasteiger partial charge in [0.2, 0.25) is 0 Å². The second-order valence-corrected chi connectivity index (χ2v) is 5.53. The van der Waals surface area contributed by atoms with Crippen LogP contribution < -0.4 is 5.32 Å². The van der Waals surface area contributed by atoms with Crippen molar-refractivity contribution in [2.45, 2.75) is 46.1 Å². The number of hydrogen-bond donors (Lipinski definition) is 2. The molecule has 3 heteroatoms. The second kappa shape index (κ2) is 7.25. The molecule has 2 N–H and O–H groups in total. The van der Waals surface area contributed by atoms with Gasteiger partial charge >= 0.3 is 0 Å². The van der Waals surface area contributed by atoms with Crippen molar-refractivity contribution in [1.29, 1.82) is 0 Å². The van der Waals surface area contributed by atoms with Crippen molar-refractivity contribution in [2.24, 2.45) is 0 Å². The van der Waals surface area contributed by atoms with Gasteiger partial charge in [-0.3, -0.25) is 0 Å². The van der Waals surface area contributed by atoms with Gasteiger partial charge in [-0.15, -0.1) is 0 Å². The first-order chi connectivity index (χ1) is 9.69. The number of nitrogens with one attached hydrogen (secondary N) is 2. The maximum Gasteiger partial charge on any atom is 0.107 e. The van der Waals surface area contributed by atoms with E-state index >= 15 is 0 Å². The SMILES string of the molecule is CCCNC(Cc1ncc[nH]1)Cc1cc(C)ccc1C. The van der Waals surface area contributed by atoms with E-state index in [1.807, 2.05) is 12.4 Å². The third kappa shape index (κ3) is 4.20. The fourth-order valence-electron chi connectivity index (χ4n) is 2.49. The van der Waals surface area contributed by atoms with Crippen LogP contribution in [0, 0.1) is 13.8 Å². The van der Waals surface area contributed by atoms with Gasteiger partial charge in [-0.2, -0.15) is 0 Å². The highest BCUT2D eigenvalue weighted by Gasteiger charge is 2.12. The number of aryl methyl sites for hydroxylation is 2. The van der Waals surface area contributed by atoms with Crippen molar-refractivity contribution in [3.05, 3.63) is 53.1 Å². The molecule has 1 unspecified atom stereocenters. The van der Waals surface area contributed by atoms with E-state index in [2.05, 4.69) is 54.3 Å². The molecule has 0 aliphatic rings. The third-order valence-corrected chi connectivity index (χ3v) is 3.65. The van der Waals surface area contributed by atoms with Gasteiger partial charge in [0, 0.05) is 24.9 Å². The molecule has 0 aliphatic carbocycles. The lowest BCUT2D eigenvalue weighted by Crippen LogP contribution is -2.34. The molecule has 1 aromatic carbocycles. The Labute approximate surface area is 121 Å². The standard InChI is InChI=1S/C17H25N3/c1-4-7-18-16(12-17-19-8-9-20-17)11-15-10-13(2)5-6-14(15)3/h5-6,8-10,16,18H,4,7,11-12H2,1-3H3,(H,19,20). The van der Waals surface area contributed by atoms with Crippen LogP contribution in [0.1, 0.15) is 35.9 Å². The van der Waals surface area contributed by atoms with Crippen LogP contribution in [0.15, 0.2) is 30.6 Å². The summed E-state index contributed by atoms with van der Waals surface area (Å²) in [5, 5.41) is 3.64. The maximum absolute atomic E-state index is 4.35. The van der Waals surface area contributed by atoms with Crippen LogP contribution in [0.5, 0.6) is 0 Å². The Morgan fingerprint density at radius 1 is 1.25 bits per heavy atom. The maximum atomic E-state index is 4.35. The summed E-state index contributed by atoms with van der Waals surface area (Å²) < 4.78 is 0. The number of benzene rings is 1. The van der Waals surface area contributed by atoms with Gasteiger partial charge in [-0.1, -0.05) is 30.7 Å². The van der Waals surface area contributed by atoms with Gasteiger partial charge in [-0.05, 0) is 44.4 Å². The number of imidazole rings is 1. The van der Waals surface area contributed by atoms with Gasteiger partial charge in [0.05, 0.1) is 0 Å². The molecular weight excluding hydrogens is 246 g/mol. The monoisotopic (exact) mass is 271 g/mol. The minimum atomic E-state index is 0.432. The van der Waals surface area contributed by atoms with Crippen molar-refractivity contribution < 1.29 is 0 Å². The summed E-state index contributed by atoms with van der Waals surface area (Å²) in [5.41, 5.74) is 4.14. The van der Waals surface area contributed by atoms with E-state index in [1.165, 1.54) is 16.7 Å². The summed E-state index contributed by atoms with van der Waals surface area (Å²) in [7, 11) is 0. The zero-order chi connectivity index (χ0) is 14.4. The Kier molecular flexibility index (Phi) is 5.36. The first-order valence-corrected chi connectivity index (χ1v) is 7.46. The average molecular weight is 271 g/mol. The van der Waals surface area contributed by atoms with Crippen LogP contribution in [0.3, 0.4) is 0 Å². The van der Waals surface area contributed by atoms with E-state index in [9.17, 15) is 0 Å². The molecule has 0 saturated heterocycles. The number of aromatic nitrogens is 2. The van der Waals surface area contributed by atoms with Crippen LogP contribution in [0.25, 0.3) is 0 Å². The smallest absolute Gasteiger partial charge is 0.107 e. The summed E-state index contributed by atoms with van der Waals surface area (Å²) in [6.07, 6.45) is 6.87. The number of H-pyrrole nitrogens is 1.